The van der Waals surface area contributed by atoms with Gasteiger partial charge in [0.25, 0.3) is 0 Å². The fraction of sp³-hybridized carbons (Fsp3) is 0.385. The van der Waals surface area contributed by atoms with Gasteiger partial charge in [-0.25, -0.2) is 15.0 Å². The quantitative estimate of drug-likeness (QED) is 0.245. The maximum atomic E-state index is 14.0. The van der Waals surface area contributed by atoms with E-state index in [1.807, 2.05) is 61.7 Å². The number of carbonyl (C=O) groups excluding carboxylic acids is 2. The molecule has 11 heteroatoms. The van der Waals surface area contributed by atoms with E-state index in [0.29, 0.717) is 62.2 Å². The first kappa shape index (κ1) is 33.3. The number of imidazole rings is 1. The minimum atomic E-state index is -0.521. The molecule has 0 saturated carbocycles. The predicted molar refractivity (Wildman–Crippen MR) is 193 cm³/mol. The molecule has 0 radical (unpaired) electrons. The molecule has 1 N–H and O–H groups in total. The Labute approximate surface area is 293 Å². The Morgan fingerprint density at radius 1 is 1.00 bits per heavy atom. The van der Waals surface area contributed by atoms with Crippen molar-refractivity contribution in [2.75, 3.05) is 44.2 Å². The van der Waals surface area contributed by atoms with Gasteiger partial charge in [-0.2, -0.15) is 0 Å². The molecule has 3 aromatic heterocycles. The molecule has 1 spiro atoms. The molecule has 0 aliphatic carbocycles. The van der Waals surface area contributed by atoms with Gasteiger partial charge in [-0.3, -0.25) is 24.8 Å². The molecular formula is C39H44N8O3. The highest BCUT2D eigenvalue weighted by molar-refractivity contribution is 6.10. The second-order valence-corrected chi connectivity index (χ2v) is 14.0. The van der Waals surface area contributed by atoms with Crippen LogP contribution in [0.15, 0.2) is 73.3 Å². The number of rotatable bonds is 9. The van der Waals surface area contributed by atoms with Crippen LogP contribution >= 0.6 is 0 Å². The lowest BCUT2D eigenvalue weighted by molar-refractivity contribution is -0.132. The lowest BCUT2D eigenvalue weighted by atomic mass is 9.85. The Morgan fingerprint density at radius 2 is 1.78 bits per heavy atom. The van der Waals surface area contributed by atoms with E-state index in [1.54, 1.807) is 23.5 Å². The summed E-state index contributed by atoms with van der Waals surface area (Å²) in [6.45, 7) is 9.23. The molecule has 0 bridgehead atoms. The Kier molecular flexibility index (Phi) is 9.09. The lowest BCUT2D eigenvalue weighted by Crippen LogP contribution is -2.43. The summed E-state index contributed by atoms with van der Waals surface area (Å²) in [5.74, 6) is 1.22. The van der Waals surface area contributed by atoms with Gasteiger partial charge in [-0.15, -0.1) is 0 Å². The number of ether oxygens (including phenoxy) is 1. The van der Waals surface area contributed by atoms with E-state index in [1.165, 1.54) is 11.1 Å². The number of pyridine rings is 2. The average molecular weight is 673 g/mol. The summed E-state index contributed by atoms with van der Waals surface area (Å²) in [6.07, 6.45) is 9.86. The van der Waals surface area contributed by atoms with Crippen molar-refractivity contribution in [2.45, 2.75) is 46.1 Å². The minimum Gasteiger partial charge on any atom is -0.475 e. The Balaban J connectivity index is 0.951. The summed E-state index contributed by atoms with van der Waals surface area (Å²) < 4.78 is 7.59. The van der Waals surface area contributed by atoms with E-state index >= 15 is 0 Å². The molecule has 7 rings (SSSR count). The monoisotopic (exact) mass is 672 g/mol. The van der Waals surface area contributed by atoms with Gasteiger partial charge in [0.1, 0.15) is 5.82 Å². The normalized spacial score (nSPS) is 19.5. The molecule has 3 aliphatic heterocycles. The van der Waals surface area contributed by atoms with Crippen LogP contribution in [0.5, 0.6) is 5.88 Å². The molecule has 0 unspecified atom stereocenters. The van der Waals surface area contributed by atoms with Crippen LogP contribution in [0, 0.1) is 17.7 Å². The first-order valence-electron chi connectivity index (χ1n) is 17.4. The second kappa shape index (κ2) is 13.6. The number of nitrogens with one attached hydrogen (secondary N) is 1. The first-order valence-corrected chi connectivity index (χ1v) is 17.4. The van der Waals surface area contributed by atoms with Gasteiger partial charge < -0.3 is 14.2 Å². The standard InChI is InChI=1S/C39H44N8O3/c1-26(2)50-34-12-10-31(21-41-34)36(40)37-27(3)5-11-33(43-37)47-20-16-39(38(47)49)15-19-45(24-39)23-35(48)46-17-13-29(14-18-46)28-6-8-30(9-7-28)32-22-44(4)25-42-32/h5-13,21-22,25-26,40H,14-20,23-24H2,1-4H3/t39-/m0/s1. The zero-order chi connectivity index (χ0) is 35.0. The Hall–Kier alpha value is -5.16. The summed E-state index contributed by atoms with van der Waals surface area (Å²) in [6, 6.07) is 15.8. The van der Waals surface area contributed by atoms with E-state index in [4.69, 9.17) is 15.1 Å². The van der Waals surface area contributed by atoms with Gasteiger partial charge in [-0.05, 0) is 75.4 Å². The third-order valence-electron chi connectivity index (χ3n) is 10.1. The van der Waals surface area contributed by atoms with Crippen LogP contribution < -0.4 is 9.64 Å². The van der Waals surface area contributed by atoms with Crippen molar-refractivity contribution in [2.24, 2.45) is 12.5 Å². The number of hydrogen-bond acceptors (Lipinski definition) is 8. The molecule has 50 heavy (non-hydrogen) atoms. The molecule has 4 aromatic rings. The number of hydrogen-bond donors (Lipinski definition) is 1. The molecule has 3 aliphatic rings. The number of likely N-dealkylation sites (tertiary alicyclic amines) is 1. The molecule has 1 atom stereocenters. The summed E-state index contributed by atoms with van der Waals surface area (Å²) >= 11 is 0. The van der Waals surface area contributed by atoms with E-state index in [2.05, 4.69) is 45.2 Å². The topological polar surface area (TPSA) is 121 Å². The van der Waals surface area contributed by atoms with Gasteiger partial charge in [0.15, 0.2) is 0 Å². The van der Waals surface area contributed by atoms with Crippen molar-refractivity contribution in [1.29, 1.82) is 5.41 Å². The fourth-order valence-corrected chi connectivity index (χ4v) is 7.28. The number of aryl methyl sites for hydroxylation is 2. The maximum Gasteiger partial charge on any atom is 0.237 e. The average Bonchev–Trinajstić information content (AvgIpc) is 3.83. The molecule has 2 amide bonds. The van der Waals surface area contributed by atoms with Crippen molar-refractivity contribution in [1.82, 2.24) is 29.3 Å². The zero-order valence-electron chi connectivity index (χ0n) is 29.2. The highest BCUT2D eigenvalue weighted by atomic mass is 16.5. The first-order chi connectivity index (χ1) is 24.1. The van der Waals surface area contributed by atoms with Crippen LogP contribution in [-0.2, 0) is 16.6 Å². The lowest BCUT2D eigenvalue weighted by Gasteiger charge is -2.29. The van der Waals surface area contributed by atoms with Crippen molar-refractivity contribution < 1.29 is 14.3 Å². The van der Waals surface area contributed by atoms with Gasteiger partial charge in [-0.1, -0.05) is 36.4 Å². The van der Waals surface area contributed by atoms with Crippen LogP contribution in [-0.4, -0.2) is 92.2 Å². The zero-order valence-corrected chi connectivity index (χ0v) is 29.2. The van der Waals surface area contributed by atoms with E-state index in [-0.39, 0.29) is 23.6 Å². The highest BCUT2D eigenvalue weighted by Gasteiger charge is 2.51. The van der Waals surface area contributed by atoms with Gasteiger partial charge >= 0.3 is 0 Å². The SMILES string of the molecule is Cc1ccc(N2CC[C@]3(CCN(CC(=O)N4CC=C(c5ccc(-c6cn(C)cn6)cc5)CC4)C3)C2=O)nc1C(=N)c1ccc(OC(C)C)nc1. The second-order valence-electron chi connectivity index (χ2n) is 14.0. The minimum absolute atomic E-state index is 0.0109. The summed E-state index contributed by atoms with van der Waals surface area (Å²) in [7, 11) is 1.97. The predicted octanol–water partition coefficient (Wildman–Crippen LogP) is 5.13. The fourth-order valence-electron chi connectivity index (χ4n) is 7.28. The van der Waals surface area contributed by atoms with Crippen molar-refractivity contribution >= 4 is 28.9 Å². The summed E-state index contributed by atoms with van der Waals surface area (Å²) in [5, 5.41) is 8.87. The Bertz CT molecular complexity index is 1950. The van der Waals surface area contributed by atoms with E-state index in [0.717, 1.165) is 36.1 Å². The van der Waals surface area contributed by atoms with Crippen molar-refractivity contribution in [3.8, 4) is 17.1 Å². The van der Waals surface area contributed by atoms with Crippen LogP contribution in [0.4, 0.5) is 5.82 Å². The van der Waals surface area contributed by atoms with Crippen molar-refractivity contribution in [3.05, 3.63) is 95.7 Å². The molecular weight excluding hydrogens is 628 g/mol. The molecule has 1 aromatic carbocycles. The van der Waals surface area contributed by atoms with E-state index in [9.17, 15) is 9.59 Å². The Morgan fingerprint density at radius 3 is 2.46 bits per heavy atom. The molecule has 11 nitrogen and oxygen atoms in total. The van der Waals surface area contributed by atoms with Crippen LogP contribution in [0.2, 0.25) is 0 Å². The van der Waals surface area contributed by atoms with Crippen LogP contribution in [0.25, 0.3) is 16.8 Å². The third kappa shape index (κ3) is 6.69. The van der Waals surface area contributed by atoms with Crippen LogP contribution in [0.3, 0.4) is 0 Å². The molecule has 2 saturated heterocycles. The molecule has 6 heterocycles. The number of anilines is 1. The number of benzene rings is 1. The number of amides is 2. The van der Waals surface area contributed by atoms with Gasteiger partial charge in [0, 0.05) is 62.8 Å². The molecule has 258 valence electrons. The number of nitrogens with zero attached hydrogens (tertiary/aromatic N) is 7. The largest absolute Gasteiger partial charge is 0.475 e. The summed E-state index contributed by atoms with van der Waals surface area (Å²) in [4.78, 5) is 46.8. The highest BCUT2D eigenvalue weighted by Crippen LogP contribution is 2.42. The number of aromatic nitrogens is 4. The van der Waals surface area contributed by atoms with E-state index < -0.39 is 5.41 Å². The van der Waals surface area contributed by atoms with Crippen LogP contribution in [0.1, 0.15) is 55.5 Å². The number of carbonyl (C=O) groups is 2. The maximum absolute atomic E-state index is 14.0. The van der Waals surface area contributed by atoms with Gasteiger partial charge in [0.05, 0.1) is 41.5 Å². The third-order valence-corrected chi connectivity index (χ3v) is 10.1. The van der Waals surface area contributed by atoms with Gasteiger partial charge in [0.2, 0.25) is 17.7 Å². The summed E-state index contributed by atoms with van der Waals surface area (Å²) in [5.41, 5.74) is 6.21. The smallest absolute Gasteiger partial charge is 0.237 e. The molecule has 2 fully saturated rings. The van der Waals surface area contributed by atoms with Crippen molar-refractivity contribution in [3.63, 3.8) is 0 Å².